The highest BCUT2D eigenvalue weighted by molar-refractivity contribution is 5.66. The lowest BCUT2D eigenvalue weighted by Crippen LogP contribution is -2.38. The minimum atomic E-state index is -0.767. The Bertz CT molecular complexity index is 182. The Labute approximate surface area is 78.2 Å². The number of hydrogen-bond acceptors (Lipinski definition) is 3. The van der Waals surface area contributed by atoms with Crippen molar-refractivity contribution in [3.05, 3.63) is 0 Å². The summed E-state index contributed by atoms with van der Waals surface area (Å²) in [4.78, 5) is 12.4. The normalized spacial score (nSPS) is 26.2. The highest BCUT2D eigenvalue weighted by atomic mass is 16.4. The summed E-state index contributed by atoms with van der Waals surface area (Å²) in [5.74, 6) is -0.767. The van der Waals surface area contributed by atoms with E-state index in [0.29, 0.717) is 6.54 Å². The van der Waals surface area contributed by atoms with Crippen LogP contribution in [0.1, 0.15) is 26.2 Å². The van der Waals surface area contributed by atoms with Crippen molar-refractivity contribution < 1.29 is 15.0 Å². The van der Waals surface area contributed by atoms with Crippen LogP contribution in [0.15, 0.2) is 0 Å². The van der Waals surface area contributed by atoms with Crippen LogP contribution in [0.4, 0.5) is 0 Å². The molecule has 2 N–H and O–H groups in total. The molecule has 1 rings (SSSR count). The Morgan fingerprint density at radius 1 is 1.69 bits per heavy atom. The van der Waals surface area contributed by atoms with Crippen LogP contribution < -0.4 is 0 Å². The van der Waals surface area contributed by atoms with Crippen molar-refractivity contribution in [1.29, 1.82) is 0 Å². The van der Waals surface area contributed by atoms with Crippen molar-refractivity contribution >= 4 is 5.97 Å². The van der Waals surface area contributed by atoms with Crippen LogP contribution in [0.2, 0.25) is 0 Å². The fourth-order valence-electron chi connectivity index (χ4n) is 1.92. The molecule has 1 fully saturated rings. The van der Waals surface area contributed by atoms with Gasteiger partial charge < -0.3 is 10.2 Å². The summed E-state index contributed by atoms with van der Waals surface area (Å²) >= 11 is 0. The largest absolute Gasteiger partial charge is 0.481 e. The summed E-state index contributed by atoms with van der Waals surface area (Å²) in [5, 5.41) is 17.9. The Kier molecular flexibility index (Phi) is 3.69. The summed E-state index contributed by atoms with van der Waals surface area (Å²) < 4.78 is 0. The second kappa shape index (κ2) is 4.58. The molecule has 0 amide bonds. The van der Waals surface area contributed by atoms with Gasteiger partial charge in [0, 0.05) is 12.6 Å². The first-order chi connectivity index (χ1) is 6.11. The van der Waals surface area contributed by atoms with Crippen LogP contribution >= 0.6 is 0 Å². The standard InChI is InChI=1S/C9H17NO3/c1-7(11)8-3-2-5-10(8)6-4-9(12)13/h7-8,11H,2-6H2,1H3,(H,12,13)/t7-,8-/m1/s1. The Morgan fingerprint density at radius 2 is 2.38 bits per heavy atom. The van der Waals surface area contributed by atoms with Gasteiger partial charge in [0.1, 0.15) is 0 Å². The minimum Gasteiger partial charge on any atom is -0.481 e. The van der Waals surface area contributed by atoms with Crippen molar-refractivity contribution in [2.45, 2.75) is 38.3 Å². The molecule has 0 saturated carbocycles. The third-order valence-electron chi connectivity index (χ3n) is 2.58. The number of carbonyl (C=O) groups is 1. The van der Waals surface area contributed by atoms with E-state index in [0.717, 1.165) is 19.4 Å². The van der Waals surface area contributed by atoms with E-state index in [9.17, 15) is 9.90 Å². The molecular formula is C9H17NO3. The molecule has 4 heteroatoms. The molecule has 76 valence electrons. The maximum absolute atomic E-state index is 10.3. The van der Waals surface area contributed by atoms with Gasteiger partial charge in [0.15, 0.2) is 0 Å². The lowest BCUT2D eigenvalue weighted by atomic mass is 10.1. The summed E-state index contributed by atoms with van der Waals surface area (Å²) in [7, 11) is 0. The van der Waals surface area contributed by atoms with Gasteiger partial charge in [0.25, 0.3) is 0 Å². The highest BCUT2D eigenvalue weighted by Crippen LogP contribution is 2.19. The molecule has 1 saturated heterocycles. The average Bonchev–Trinajstić information content (AvgIpc) is 2.47. The number of carboxylic acids is 1. The van der Waals surface area contributed by atoms with E-state index in [1.54, 1.807) is 6.92 Å². The zero-order chi connectivity index (χ0) is 9.84. The summed E-state index contributed by atoms with van der Waals surface area (Å²) in [5.41, 5.74) is 0. The van der Waals surface area contributed by atoms with E-state index in [4.69, 9.17) is 5.11 Å². The molecule has 0 bridgehead atoms. The van der Waals surface area contributed by atoms with Crippen LogP contribution in [-0.2, 0) is 4.79 Å². The zero-order valence-corrected chi connectivity index (χ0v) is 7.94. The predicted molar refractivity (Wildman–Crippen MR) is 48.5 cm³/mol. The summed E-state index contributed by atoms with van der Waals surface area (Å²) in [6, 6.07) is 0.166. The third kappa shape index (κ3) is 2.97. The second-order valence-electron chi connectivity index (χ2n) is 3.63. The number of carboxylic acid groups (broad SMARTS) is 1. The molecule has 1 heterocycles. The SMILES string of the molecule is C[C@@H](O)[C@H]1CCCN1CCC(=O)O. The van der Waals surface area contributed by atoms with Gasteiger partial charge in [-0.1, -0.05) is 0 Å². The van der Waals surface area contributed by atoms with E-state index < -0.39 is 5.97 Å². The number of nitrogens with zero attached hydrogens (tertiary/aromatic N) is 1. The first kappa shape index (κ1) is 10.5. The molecule has 0 aliphatic carbocycles. The topological polar surface area (TPSA) is 60.8 Å². The molecule has 0 aromatic carbocycles. The smallest absolute Gasteiger partial charge is 0.304 e. The number of hydrogen-bond donors (Lipinski definition) is 2. The lowest BCUT2D eigenvalue weighted by molar-refractivity contribution is -0.137. The molecule has 0 spiro atoms. The number of aliphatic carboxylic acids is 1. The highest BCUT2D eigenvalue weighted by Gasteiger charge is 2.27. The second-order valence-corrected chi connectivity index (χ2v) is 3.63. The third-order valence-corrected chi connectivity index (χ3v) is 2.58. The van der Waals surface area contributed by atoms with Crippen molar-refractivity contribution in [2.75, 3.05) is 13.1 Å². The van der Waals surface area contributed by atoms with Gasteiger partial charge in [-0.15, -0.1) is 0 Å². The summed E-state index contributed by atoms with van der Waals surface area (Å²) in [6.07, 6.45) is 1.87. The van der Waals surface area contributed by atoms with Crippen LogP contribution in [0, 0.1) is 0 Å². The van der Waals surface area contributed by atoms with Gasteiger partial charge in [-0.25, -0.2) is 0 Å². The first-order valence-corrected chi connectivity index (χ1v) is 4.75. The predicted octanol–water partition coefficient (Wildman–Crippen LogP) is 0.306. The van der Waals surface area contributed by atoms with Crippen LogP contribution in [-0.4, -0.2) is 46.3 Å². The van der Waals surface area contributed by atoms with E-state index in [1.165, 1.54) is 0 Å². The maximum atomic E-state index is 10.3. The molecule has 1 aliphatic rings. The monoisotopic (exact) mass is 187 g/mol. The van der Waals surface area contributed by atoms with Crippen molar-refractivity contribution in [1.82, 2.24) is 4.90 Å². The quantitative estimate of drug-likeness (QED) is 0.665. The number of aliphatic hydroxyl groups excluding tert-OH is 1. The molecule has 2 atom stereocenters. The molecule has 0 aromatic rings. The van der Waals surface area contributed by atoms with Crippen LogP contribution in [0.25, 0.3) is 0 Å². The van der Waals surface area contributed by atoms with Gasteiger partial charge >= 0.3 is 5.97 Å². The lowest BCUT2D eigenvalue weighted by Gasteiger charge is -2.25. The maximum Gasteiger partial charge on any atom is 0.304 e. The van der Waals surface area contributed by atoms with Crippen molar-refractivity contribution in [3.63, 3.8) is 0 Å². The molecule has 4 nitrogen and oxygen atoms in total. The molecule has 0 aromatic heterocycles. The van der Waals surface area contributed by atoms with Crippen LogP contribution in [0.3, 0.4) is 0 Å². The van der Waals surface area contributed by atoms with Gasteiger partial charge in [0.05, 0.1) is 12.5 Å². The average molecular weight is 187 g/mol. The van der Waals surface area contributed by atoms with Gasteiger partial charge in [-0.3, -0.25) is 9.69 Å². The van der Waals surface area contributed by atoms with Crippen LogP contribution in [0.5, 0.6) is 0 Å². The molecule has 1 aliphatic heterocycles. The fraction of sp³-hybridized carbons (Fsp3) is 0.889. The molecule has 13 heavy (non-hydrogen) atoms. The van der Waals surface area contributed by atoms with Gasteiger partial charge in [-0.2, -0.15) is 0 Å². The van der Waals surface area contributed by atoms with E-state index in [1.807, 2.05) is 0 Å². The van der Waals surface area contributed by atoms with Crippen molar-refractivity contribution in [3.8, 4) is 0 Å². The number of aliphatic hydroxyl groups is 1. The zero-order valence-electron chi connectivity index (χ0n) is 7.94. The fourth-order valence-corrected chi connectivity index (χ4v) is 1.92. The number of rotatable bonds is 4. The van der Waals surface area contributed by atoms with E-state index in [-0.39, 0.29) is 18.6 Å². The first-order valence-electron chi connectivity index (χ1n) is 4.75. The Hall–Kier alpha value is -0.610. The van der Waals surface area contributed by atoms with Crippen molar-refractivity contribution in [2.24, 2.45) is 0 Å². The number of likely N-dealkylation sites (tertiary alicyclic amines) is 1. The van der Waals surface area contributed by atoms with Gasteiger partial charge in [0.2, 0.25) is 0 Å². The molecule has 0 unspecified atom stereocenters. The van der Waals surface area contributed by atoms with E-state index >= 15 is 0 Å². The Morgan fingerprint density at radius 3 is 2.92 bits per heavy atom. The van der Waals surface area contributed by atoms with E-state index in [2.05, 4.69) is 4.90 Å². The molecule has 0 radical (unpaired) electrons. The van der Waals surface area contributed by atoms with Gasteiger partial charge in [-0.05, 0) is 26.3 Å². The summed E-state index contributed by atoms with van der Waals surface area (Å²) in [6.45, 7) is 3.25. The molecular weight excluding hydrogens is 170 g/mol. The Balaban J connectivity index is 2.35. The minimum absolute atomic E-state index is 0.166.